The highest BCUT2D eigenvalue weighted by Crippen LogP contribution is 2.28. The van der Waals surface area contributed by atoms with Crippen molar-refractivity contribution >= 4 is 29.1 Å². The molecule has 0 aromatic heterocycles. The van der Waals surface area contributed by atoms with Crippen LogP contribution in [0, 0.1) is 0 Å². The third-order valence-electron chi connectivity index (χ3n) is 6.15. The Labute approximate surface area is 194 Å². The van der Waals surface area contributed by atoms with Crippen LogP contribution in [-0.4, -0.2) is 60.4 Å². The maximum absolute atomic E-state index is 13.1. The minimum atomic E-state index is -0.374. The molecule has 2 aliphatic rings. The van der Waals surface area contributed by atoms with E-state index in [4.69, 9.17) is 16.3 Å². The number of halogens is 1. The van der Waals surface area contributed by atoms with E-state index in [0.717, 1.165) is 56.3 Å². The van der Waals surface area contributed by atoms with Gasteiger partial charge in [-0.05, 0) is 48.4 Å². The van der Waals surface area contributed by atoms with E-state index >= 15 is 0 Å². The molecule has 0 N–H and O–H groups in total. The molecule has 2 heterocycles. The van der Waals surface area contributed by atoms with Gasteiger partial charge < -0.3 is 4.74 Å². The van der Waals surface area contributed by atoms with Crippen LogP contribution in [0.4, 0.5) is 5.69 Å². The number of piperazine rings is 1. The molecule has 6 nitrogen and oxygen atoms in total. The molecule has 4 rings (SSSR count). The lowest BCUT2D eigenvalue weighted by Gasteiger charge is -2.37. The Kier molecular flexibility index (Phi) is 7.45. The molecule has 1 atom stereocenters. The molecule has 0 bridgehead atoms. The van der Waals surface area contributed by atoms with Crippen molar-refractivity contribution in [2.75, 3.05) is 37.7 Å². The summed E-state index contributed by atoms with van der Waals surface area (Å²) in [4.78, 5) is 31.7. The van der Waals surface area contributed by atoms with E-state index in [1.54, 1.807) is 12.1 Å². The average molecular weight is 456 g/mol. The van der Waals surface area contributed by atoms with Crippen molar-refractivity contribution in [3.05, 3.63) is 59.1 Å². The van der Waals surface area contributed by atoms with Gasteiger partial charge in [0.1, 0.15) is 5.75 Å². The second kappa shape index (κ2) is 10.5. The Bertz CT molecular complexity index is 924. The van der Waals surface area contributed by atoms with Gasteiger partial charge in [0, 0.05) is 37.7 Å². The van der Waals surface area contributed by atoms with Gasteiger partial charge in [0.25, 0.3) is 5.91 Å². The molecule has 0 unspecified atom stereocenters. The molecule has 170 valence electrons. The molecular weight excluding hydrogens is 426 g/mol. The van der Waals surface area contributed by atoms with Gasteiger partial charge in [0.15, 0.2) is 0 Å². The number of carbonyl (C=O) groups excluding carboxylic acids is 2. The molecule has 2 amide bonds. The van der Waals surface area contributed by atoms with Crippen LogP contribution in [0.25, 0.3) is 0 Å². The van der Waals surface area contributed by atoms with Crippen LogP contribution in [0.1, 0.15) is 31.7 Å². The summed E-state index contributed by atoms with van der Waals surface area (Å²) in [6.45, 7) is 6.93. The number of carbonyl (C=O) groups is 2. The smallest absolute Gasteiger partial charge is 0.251 e. The van der Waals surface area contributed by atoms with Crippen molar-refractivity contribution in [3.63, 3.8) is 0 Å². The minimum absolute atomic E-state index is 0.124. The highest BCUT2D eigenvalue weighted by molar-refractivity contribution is 6.30. The van der Waals surface area contributed by atoms with E-state index in [-0.39, 0.29) is 24.3 Å². The van der Waals surface area contributed by atoms with E-state index in [1.807, 2.05) is 36.4 Å². The molecular formula is C25H30ClN3O3. The van der Waals surface area contributed by atoms with Gasteiger partial charge in [-0.2, -0.15) is 0 Å². The minimum Gasteiger partial charge on any atom is -0.494 e. The van der Waals surface area contributed by atoms with Gasteiger partial charge in [-0.25, -0.2) is 4.90 Å². The quantitative estimate of drug-likeness (QED) is 0.445. The Balaban J connectivity index is 1.32. The lowest BCUT2D eigenvalue weighted by molar-refractivity contribution is -0.123. The largest absolute Gasteiger partial charge is 0.494 e. The van der Waals surface area contributed by atoms with Crippen molar-refractivity contribution in [2.45, 2.75) is 38.8 Å². The number of benzene rings is 2. The SMILES string of the molecule is CCCCOc1ccc(N2C(=O)C[C@@H](N3CCN(Cc4ccc(Cl)cc4)CC3)C2=O)cc1. The maximum atomic E-state index is 13.1. The summed E-state index contributed by atoms with van der Waals surface area (Å²) in [5.74, 6) is 0.499. The third-order valence-corrected chi connectivity index (χ3v) is 6.40. The Morgan fingerprint density at radius 2 is 1.66 bits per heavy atom. The number of imide groups is 1. The van der Waals surface area contributed by atoms with Crippen LogP contribution in [-0.2, 0) is 16.1 Å². The molecule has 0 spiro atoms. The number of amides is 2. The van der Waals surface area contributed by atoms with E-state index in [1.165, 1.54) is 10.5 Å². The van der Waals surface area contributed by atoms with E-state index in [2.05, 4.69) is 16.7 Å². The Morgan fingerprint density at radius 1 is 0.969 bits per heavy atom. The number of rotatable bonds is 8. The van der Waals surface area contributed by atoms with Crippen molar-refractivity contribution in [1.29, 1.82) is 0 Å². The van der Waals surface area contributed by atoms with E-state index in [0.29, 0.717) is 12.3 Å². The van der Waals surface area contributed by atoms with Crippen LogP contribution < -0.4 is 9.64 Å². The zero-order valence-electron chi connectivity index (χ0n) is 18.5. The molecule has 2 fully saturated rings. The first-order valence-corrected chi connectivity index (χ1v) is 11.7. The molecule has 32 heavy (non-hydrogen) atoms. The molecule has 2 aromatic rings. The number of unbranched alkanes of at least 4 members (excludes halogenated alkanes) is 1. The summed E-state index contributed by atoms with van der Waals surface area (Å²) in [6.07, 6.45) is 2.32. The van der Waals surface area contributed by atoms with Crippen molar-refractivity contribution < 1.29 is 14.3 Å². The maximum Gasteiger partial charge on any atom is 0.251 e. The lowest BCUT2D eigenvalue weighted by atomic mass is 10.1. The molecule has 2 aliphatic heterocycles. The highest BCUT2D eigenvalue weighted by Gasteiger charge is 2.43. The van der Waals surface area contributed by atoms with Gasteiger partial charge in [-0.15, -0.1) is 0 Å². The van der Waals surface area contributed by atoms with Gasteiger partial charge in [0.2, 0.25) is 5.91 Å². The number of ether oxygens (including phenoxy) is 1. The zero-order valence-corrected chi connectivity index (χ0v) is 19.3. The normalized spacial score (nSPS) is 20.2. The van der Waals surface area contributed by atoms with Crippen LogP contribution in [0.15, 0.2) is 48.5 Å². The summed E-state index contributed by atoms with van der Waals surface area (Å²) in [5, 5.41) is 0.742. The van der Waals surface area contributed by atoms with Crippen LogP contribution >= 0.6 is 11.6 Å². The fourth-order valence-corrected chi connectivity index (χ4v) is 4.41. The van der Waals surface area contributed by atoms with Crippen LogP contribution in [0.3, 0.4) is 0 Å². The summed E-state index contributed by atoms with van der Waals surface area (Å²) >= 11 is 5.97. The lowest BCUT2D eigenvalue weighted by Crippen LogP contribution is -2.52. The molecule has 0 saturated carbocycles. The Morgan fingerprint density at radius 3 is 2.31 bits per heavy atom. The predicted octanol–water partition coefficient (Wildman–Crippen LogP) is 3.97. The second-order valence-electron chi connectivity index (χ2n) is 8.42. The third kappa shape index (κ3) is 5.31. The first-order chi connectivity index (χ1) is 15.5. The fraction of sp³-hybridized carbons (Fsp3) is 0.440. The molecule has 7 heteroatoms. The van der Waals surface area contributed by atoms with E-state index in [9.17, 15) is 9.59 Å². The van der Waals surface area contributed by atoms with Gasteiger partial charge in [0.05, 0.1) is 24.8 Å². The summed E-state index contributed by atoms with van der Waals surface area (Å²) in [5.41, 5.74) is 1.84. The van der Waals surface area contributed by atoms with Gasteiger partial charge in [-0.1, -0.05) is 37.1 Å². The number of hydrogen-bond acceptors (Lipinski definition) is 5. The van der Waals surface area contributed by atoms with Crippen molar-refractivity contribution in [1.82, 2.24) is 9.80 Å². The predicted molar refractivity (Wildman–Crippen MR) is 126 cm³/mol. The zero-order chi connectivity index (χ0) is 22.5. The van der Waals surface area contributed by atoms with Crippen LogP contribution in [0.5, 0.6) is 5.75 Å². The molecule has 0 radical (unpaired) electrons. The first kappa shape index (κ1) is 22.8. The molecule has 2 aromatic carbocycles. The van der Waals surface area contributed by atoms with Crippen molar-refractivity contribution in [3.8, 4) is 5.75 Å². The first-order valence-electron chi connectivity index (χ1n) is 11.4. The highest BCUT2D eigenvalue weighted by atomic mass is 35.5. The molecule has 2 saturated heterocycles. The number of nitrogens with zero attached hydrogens (tertiary/aromatic N) is 3. The fourth-order valence-electron chi connectivity index (χ4n) is 4.28. The Hall–Kier alpha value is -2.41. The van der Waals surface area contributed by atoms with Gasteiger partial charge in [-0.3, -0.25) is 19.4 Å². The summed E-state index contributed by atoms with van der Waals surface area (Å²) < 4.78 is 5.68. The average Bonchev–Trinajstić information content (AvgIpc) is 3.10. The van der Waals surface area contributed by atoms with Crippen molar-refractivity contribution in [2.24, 2.45) is 0 Å². The summed E-state index contributed by atoms with van der Waals surface area (Å²) in [6, 6.07) is 14.8. The second-order valence-corrected chi connectivity index (χ2v) is 8.86. The van der Waals surface area contributed by atoms with Gasteiger partial charge >= 0.3 is 0 Å². The number of anilines is 1. The monoisotopic (exact) mass is 455 g/mol. The molecule has 0 aliphatic carbocycles. The standard InChI is InChI=1S/C25H30ClN3O3/c1-2-3-16-32-22-10-8-21(9-11-22)29-24(30)17-23(25(29)31)28-14-12-27(13-15-28)18-19-4-6-20(26)7-5-19/h4-11,23H,2-3,12-18H2,1H3/t23-/m1/s1. The van der Waals surface area contributed by atoms with E-state index < -0.39 is 0 Å². The number of hydrogen-bond donors (Lipinski definition) is 0. The summed E-state index contributed by atoms with van der Waals surface area (Å²) in [7, 11) is 0. The topological polar surface area (TPSA) is 53.1 Å². The van der Waals surface area contributed by atoms with Crippen LogP contribution in [0.2, 0.25) is 5.02 Å².